The molecule has 0 bridgehead atoms. The SMILES string of the molecule is Cc1ccc(OCCC(=O)Nc2ccc(S(=O)(=O)/N=C3\CCCN3C)cc2)c(C)c1. The summed E-state index contributed by atoms with van der Waals surface area (Å²) in [5.41, 5.74) is 2.71. The number of sulfonamides is 1. The van der Waals surface area contributed by atoms with Crippen molar-refractivity contribution >= 4 is 27.5 Å². The third-order valence-corrected chi connectivity index (χ3v) is 6.23. The van der Waals surface area contributed by atoms with E-state index < -0.39 is 10.0 Å². The molecule has 3 rings (SSSR count). The Balaban J connectivity index is 1.54. The van der Waals surface area contributed by atoms with E-state index in [0.717, 1.165) is 29.8 Å². The standard InChI is InChI=1S/C22H27N3O4S/c1-16-6-11-20(17(2)15-16)29-14-12-22(26)23-18-7-9-19(10-8-18)30(27,28)24-21-5-4-13-25(21)3/h6-11,15H,4-5,12-14H2,1-3H3,(H,23,26)/b24-21+. The fourth-order valence-corrected chi connectivity index (χ4v) is 4.34. The average molecular weight is 430 g/mol. The number of aryl methyl sites for hydroxylation is 2. The topological polar surface area (TPSA) is 88.1 Å². The minimum Gasteiger partial charge on any atom is -0.493 e. The van der Waals surface area contributed by atoms with Gasteiger partial charge in [0.25, 0.3) is 10.0 Å². The minimum atomic E-state index is -3.76. The van der Waals surface area contributed by atoms with Gasteiger partial charge in [0.05, 0.1) is 17.9 Å². The highest BCUT2D eigenvalue weighted by molar-refractivity contribution is 7.90. The molecule has 160 valence electrons. The van der Waals surface area contributed by atoms with Crippen molar-refractivity contribution in [1.82, 2.24) is 4.90 Å². The van der Waals surface area contributed by atoms with Crippen molar-refractivity contribution in [2.24, 2.45) is 4.40 Å². The number of anilines is 1. The van der Waals surface area contributed by atoms with Crippen LogP contribution >= 0.6 is 0 Å². The van der Waals surface area contributed by atoms with Crippen LogP contribution in [-0.2, 0) is 14.8 Å². The van der Waals surface area contributed by atoms with E-state index in [2.05, 4.69) is 9.71 Å². The molecule has 0 radical (unpaired) electrons. The van der Waals surface area contributed by atoms with Gasteiger partial charge in [-0.25, -0.2) is 0 Å². The third kappa shape index (κ3) is 5.60. The summed E-state index contributed by atoms with van der Waals surface area (Å²) in [4.78, 5) is 14.1. The Labute approximate surface area is 177 Å². The first-order valence-electron chi connectivity index (χ1n) is 9.89. The maximum atomic E-state index is 12.5. The molecule has 1 amide bonds. The molecule has 1 heterocycles. The number of amidine groups is 1. The molecule has 2 aromatic rings. The van der Waals surface area contributed by atoms with Crippen LogP contribution in [0, 0.1) is 13.8 Å². The molecule has 0 aliphatic carbocycles. The van der Waals surface area contributed by atoms with Crippen LogP contribution in [0.2, 0.25) is 0 Å². The number of nitrogens with zero attached hydrogens (tertiary/aromatic N) is 2. The Hall–Kier alpha value is -2.87. The van der Waals surface area contributed by atoms with Crippen LogP contribution in [0.25, 0.3) is 0 Å². The first-order valence-corrected chi connectivity index (χ1v) is 11.3. The van der Waals surface area contributed by atoms with E-state index in [-0.39, 0.29) is 23.8 Å². The van der Waals surface area contributed by atoms with E-state index in [0.29, 0.717) is 17.9 Å². The molecule has 0 aromatic heterocycles. The van der Waals surface area contributed by atoms with Gasteiger partial charge in [-0.05, 0) is 56.2 Å². The smallest absolute Gasteiger partial charge is 0.283 e. The first-order chi connectivity index (χ1) is 14.2. The van der Waals surface area contributed by atoms with Crippen molar-refractivity contribution in [3.63, 3.8) is 0 Å². The van der Waals surface area contributed by atoms with Crippen LogP contribution in [-0.4, -0.2) is 45.3 Å². The maximum absolute atomic E-state index is 12.5. The highest BCUT2D eigenvalue weighted by Gasteiger charge is 2.20. The molecule has 1 aliphatic heterocycles. The van der Waals surface area contributed by atoms with Crippen LogP contribution in [0.4, 0.5) is 5.69 Å². The number of likely N-dealkylation sites (tertiary alicyclic amines) is 1. The van der Waals surface area contributed by atoms with Crippen molar-refractivity contribution in [3.8, 4) is 5.75 Å². The summed E-state index contributed by atoms with van der Waals surface area (Å²) in [6, 6.07) is 11.9. The van der Waals surface area contributed by atoms with Crippen molar-refractivity contribution in [2.75, 3.05) is 25.5 Å². The zero-order valence-corrected chi connectivity index (χ0v) is 18.3. The molecule has 1 saturated heterocycles. The predicted molar refractivity (Wildman–Crippen MR) is 118 cm³/mol. The first kappa shape index (κ1) is 21.8. The Morgan fingerprint density at radius 3 is 2.53 bits per heavy atom. The lowest BCUT2D eigenvalue weighted by Crippen LogP contribution is -2.20. The van der Waals surface area contributed by atoms with Gasteiger partial charge in [-0.3, -0.25) is 4.79 Å². The Morgan fingerprint density at radius 2 is 1.90 bits per heavy atom. The molecule has 0 unspecified atom stereocenters. The van der Waals surface area contributed by atoms with Gasteiger partial charge in [0.15, 0.2) is 0 Å². The maximum Gasteiger partial charge on any atom is 0.283 e. The Morgan fingerprint density at radius 1 is 1.17 bits per heavy atom. The van der Waals surface area contributed by atoms with Crippen molar-refractivity contribution in [2.45, 2.75) is 38.0 Å². The van der Waals surface area contributed by atoms with Gasteiger partial charge >= 0.3 is 0 Å². The van der Waals surface area contributed by atoms with E-state index in [4.69, 9.17) is 4.74 Å². The van der Waals surface area contributed by atoms with E-state index >= 15 is 0 Å². The van der Waals surface area contributed by atoms with Crippen LogP contribution in [0.5, 0.6) is 5.75 Å². The average Bonchev–Trinajstić information content (AvgIpc) is 3.08. The number of carbonyl (C=O) groups is 1. The zero-order valence-electron chi connectivity index (χ0n) is 17.5. The fraction of sp³-hybridized carbons (Fsp3) is 0.364. The molecule has 0 spiro atoms. The number of ether oxygens (including phenoxy) is 1. The van der Waals surface area contributed by atoms with E-state index in [1.165, 1.54) is 12.1 Å². The largest absolute Gasteiger partial charge is 0.493 e. The summed E-state index contributed by atoms with van der Waals surface area (Å²) < 4.78 is 34.6. The van der Waals surface area contributed by atoms with Gasteiger partial charge in [-0.15, -0.1) is 4.40 Å². The van der Waals surface area contributed by atoms with Gasteiger partial charge in [-0.2, -0.15) is 8.42 Å². The summed E-state index contributed by atoms with van der Waals surface area (Å²) in [5.74, 6) is 1.14. The molecule has 1 N–H and O–H groups in total. The molecular weight excluding hydrogens is 402 g/mol. The summed E-state index contributed by atoms with van der Waals surface area (Å²) in [6.07, 6.45) is 1.75. The fourth-order valence-electron chi connectivity index (χ4n) is 3.25. The molecule has 8 heteroatoms. The second-order valence-electron chi connectivity index (χ2n) is 7.45. The van der Waals surface area contributed by atoms with Crippen molar-refractivity contribution < 1.29 is 17.9 Å². The number of carbonyl (C=O) groups excluding carboxylic acids is 1. The lowest BCUT2D eigenvalue weighted by Gasteiger charge is -2.11. The third-order valence-electron chi connectivity index (χ3n) is 4.91. The molecule has 7 nitrogen and oxygen atoms in total. The monoisotopic (exact) mass is 429 g/mol. The van der Waals surface area contributed by atoms with Gasteiger partial charge < -0.3 is 15.0 Å². The predicted octanol–water partition coefficient (Wildman–Crippen LogP) is 3.52. The molecule has 30 heavy (non-hydrogen) atoms. The van der Waals surface area contributed by atoms with Gasteiger partial charge in [0, 0.05) is 25.7 Å². The highest BCUT2D eigenvalue weighted by atomic mass is 32.2. The number of nitrogens with one attached hydrogen (secondary N) is 1. The molecule has 1 aliphatic rings. The lowest BCUT2D eigenvalue weighted by atomic mass is 10.1. The molecule has 0 atom stereocenters. The number of hydrogen-bond donors (Lipinski definition) is 1. The molecule has 2 aromatic carbocycles. The second-order valence-corrected chi connectivity index (χ2v) is 9.05. The minimum absolute atomic E-state index is 0.103. The number of hydrogen-bond acceptors (Lipinski definition) is 4. The van der Waals surface area contributed by atoms with E-state index in [1.54, 1.807) is 12.1 Å². The van der Waals surface area contributed by atoms with E-state index in [9.17, 15) is 13.2 Å². The molecule has 1 fully saturated rings. The van der Waals surface area contributed by atoms with Crippen LogP contribution in [0.3, 0.4) is 0 Å². The Kier molecular flexibility index (Phi) is 6.77. The zero-order chi connectivity index (χ0) is 21.7. The van der Waals surface area contributed by atoms with Crippen LogP contribution < -0.4 is 10.1 Å². The summed E-state index contributed by atoms with van der Waals surface area (Å²) in [5, 5.41) is 2.75. The van der Waals surface area contributed by atoms with Crippen molar-refractivity contribution in [3.05, 3.63) is 53.6 Å². The van der Waals surface area contributed by atoms with Gasteiger partial charge in [-0.1, -0.05) is 17.7 Å². The summed E-state index contributed by atoms with van der Waals surface area (Å²) >= 11 is 0. The number of amides is 1. The van der Waals surface area contributed by atoms with E-state index in [1.807, 2.05) is 44.0 Å². The molecular formula is C22H27N3O4S. The highest BCUT2D eigenvalue weighted by Crippen LogP contribution is 2.20. The van der Waals surface area contributed by atoms with Gasteiger partial charge in [0.1, 0.15) is 11.6 Å². The van der Waals surface area contributed by atoms with Crippen molar-refractivity contribution in [1.29, 1.82) is 0 Å². The normalized spacial score (nSPS) is 15.4. The summed E-state index contributed by atoms with van der Waals surface area (Å²) in [7, 11) is -1.92. The van der Waals surface area contributed by atoms with Crippen LogP contribution in [0.1, 0.15) is 30.4 Å². The quantitative estimate of drug-likeness (QED) is 0.728. The summed E-state index contributed by atoms with van der Waals surface area (Å²) in [6.45, 7) is 5.05. The molecule has 0 saturated carbocycles. The number of rotatable bonds is 7. The van der Waals surface area contributed by atoms with Gasteiger partial charge in [0.2, 0.25) is 5.91 Å². The second kappa shape index (κ2) is 9.30. The Bertz CT molecular complexity index is 1050. The lowest BCUT2D eigenvalue weighted by molar-refractivity contribution is -0.116. The van der Waals surface area contributed by atoms with Crippen LogP contribution in [0.15, 0.2) is 51.8 Å². The number of benzene rings is 2.